The fourth-order valence-corrected chi connectivity index (χ4v) is 5.19. The lowest BCUT2D eigenvalue weighted by Gasteiger charge is -2.37. The van der Waals surface area contributed by atoms with E-state index in [2.05, 4.69) is 25.5 Å². The number of amides is 1. The van der Waals surface area contributed by atoms with Crippen molar-refractivity contribution in [2.45, 2.75) is 37.1 Å². The number of guanidine groups is 1. The van der Waals surface area contributed by atoms with Gasteiger partial charge in [-0.05, 0) is 43.5 Å². The average molecular weight is 555 g/mol. The topological polar surface area (TPSA) is 102 Å². The fraction of sp³-hybridized carbons (Fsp3) is 0.333. The van der Waals surface area contributed by atoms with Crippen LogP contribution < -0.4 is 10.6 Å². The molecular weight excluding hydrogens is 531 g/mol. The molecule has 2 aromatic carbocycles. The smallest absolute Gasteiger partial charge is 0.356 e. The Morgan fingerprint density at radius 1 is 1.26 bits per heavy atom. The highest BCUT2D eigenvalue weighted by Crippen LogP contribution is 2.51. The second-order valence-electron chi connectivity index (χ2n) is 7.98. The van der Waals surface area contributed by atoms with Crippen molar-refractivity contribution in [3.63, 3.8) is 0 Å². The zero-order chi connectivity index (χ0) is 27.9. The lowest BCUT2D eigenvalue weighted by atomic mass is 9.99. The van der Waals surface area contributed by atoms with Gasteiger partial charge in [-0.2, -0.15) is 10.4 Å². The first-order valence-corrected chi connectivity index (χ1v) is 12.1. The molecule has 2 unspecified atom stereocenters. The Morgan fingerprint density at radius 2 is 1.97 bits per heavy atom. The quantitative estimate of drug-likeness (QED) is 0.125. The number of halogens is 5. The number of ether oxygens (including phenoxy) is 1. The van der Waals surface area contributed by atoms with E-state index in [4.69, 9.17) is 5.26 Å². The van der Waals surface area contributed by atoms with Gasteiger partial charge in [-0.3, -0.25) is 19.8 Å². The van der Waals surface area contributed by atoms with Crippen molar-refractivity contribution in [1.29, 1.82) is 5.26 Å². The van der Waals surface area contributed by atoms with Crippen molar-refractivity contribution < 1.29 is 31.5 Å². The number of hydrogen-bond acceptors (Lipinski definition) is 6. The van der Waals surface area contributed by atoms with Crippen LogP contribution in [0.5, 0.6) is 0 Å². The van der Waals surface area contributed by atoms with Gasteiger partial charge in [-0.1, -0.05) is 42.1 Å². The van der Waals surface area contributed by atoms with Gasteiger partial charge in [0.25, 0.3) is 5.91 Å². The standard InChI is InChI=1S/C24H23F5N6O2S/c1-15(37-24(27,28)29)21(36)35-23(16-7-4-3-5-8-16,11-6-12-32-22(31-2)33-14-30)38-20(34-35)18-13-17(25)9-10-19(18)26/h3-5,7-10,13,15H,6,11-12H2,1-2H3,(H2,31,32,33). The van der Waals surface area contributed by atoms with Gasteiger partial charge in [0.05, 0.1) is 0 Å². The molecule has 1 amide bonds. The summed E-state index contributed by atoms with van der Waals surface area (Å²) in [6, 6.07) is 11.1. The summed E-state index contributed by atoms with van der Waals surface area (Å²) >= 11 is 0.919. The predicted molar refractivity (Wildman–Crippen MR) is 131 cm³/mol. The first kappa shape index (κ1) is 28.9. The molecule has 14 heteroatoms. The molecule has 0 saturated carbocycles. The Labute approximate surface area is 219 Å². The highest BCUT2D eigenvalue weighted by molar-refractivity contribution is 8.15. The molecule has 1 heterocycles. The molecule has 0 saturated heterocycles. The Morgan fingerprint density at radius 3 is 2.61 bits per heavy atom. The maximum atomic E-state index is 14.7. The van der Waals surface area contributed by atoms with Crippen molar-refractivity contribution in [3.05, 3.63) is 71.3 Å². The predicted octanol–water partition coefficient (Wildman–Crippen LogP) is 4.41. The molecule has 0 aromatic heterocycles. The molecule has 0 radical (unpaired) electrons. The van der Waals surface area contributed by atoms with E-state index >= 15 is 0 Å². The van der Waals surface area contributed by atoms with Crippen molar-refractivity contribution in [2.24, 2.45) is 10.1 Å². The molecule has 0 aliphatic carbocycles. The number of nitriles is 1. The van der Waals surface area contributed by atoms with Crippen LogP contribution in [0.1, 0.15) is 30.9 Å². The van der Waals surface area contributed by atoms with Crippen LogP contribution in [-0.2, 0) is 14.4 Å². The average Bonchev–Trinajstić information content (AvgIpc) is 3.26. The maximum Gasteiger partial charge on any atom is 0.523 e. The van der Waals surface area contributed by atoms with Crippen LogP contribution >= 0.6 is 11.8 Å². The van der Waals surface area contributed by atoms with E-state index in [-0.39, 0.29) is 29.5 Å². The maximum absolute atomic E-state index is 14.7. The van der Waals surface area contributed by atoms with Crippen LogP contribution in [0.2, 0.25) is 0 Å². The molecule has 2 atom stereocenters. The Hall–Kier alpha value is -3.70. The van der Waals surface area contributed by atoms with Crippen molar-refractivity contribution in [3.8, 4) is 6.19 Å². The molecule has 2 N–H and O–H groups in total. The van der Waals surface area contributed by atoms with Crippen LogP contribution in [0.4, 0.5) is 22.0 Å². The summed E-state index contributed by atoms with van der Waals surface area (Å²) in [4.78, 5) is 15.8. The number of aliphatic imine (C=N–C) groups is 1. The van der Waals surface area contributed by atoms with Crippen molar-refractivity contribution in [1.82, 2.24) is 15.6 Å². The number of nitrogens with one attached hydrogen (secondary N) is 2. The van der Waals surface area contributed by atoms with E-state index in [9.17, 15) is 26.7 Å². The fourth-order valence-electron chi connectivity index (χ4n) is 3.76. The summed E-state index contributed by atoms with van der Waals surface area (Å²) in [7, 11) is 1.46. The van der Waals surface area contributed by atoms with Gasteiger partial charge in [-0.15, -0.1) is 13.2 Å². The summed E-state index contributed by atoms with van der Waals surface area (Å²) in [6.45, 7) is 1.18. The number of hydrazone groups is 1. The Bertz CT molecular complexity index is 1250. The summed E-state index contributed by atoms with van der Waals surface area (Å²) in [5.74, 6) is -2.50. The molecule has 2 aromatic rings. The van der Waals surface area contributed by atoms with Crippen LogP contribution in [0.25, 0.3) is 0 Å². The second-order valence-corrected chi connectivity index (χ2v) is 9.24. The number of carbonyl (C=O) groups excluding carboxylic acids is 1. The number of nitrogens with zero attached hydrogens (tertiary/aromatic N) is 4. The van der Waals surface area contributed by atoms with Gasteiger partial charge in [0.15, 0.2) is 6.19 Å². The highest BCUT2D eigenvalue weighted by Gasteiger charge is 2.50. The number of carbonyl (C=O) groups is 1. The van der Waals surface area contributed by atoms with E-state index in [0.717, 1.165) is 41.9 Å². The Kier molecular flexibility index (Phi) is 9.29. The molecule has 0 spiro atoms. The summed E-state index contributed by atoms with van der Waals surface area (Å²) in [5.41, 5.74) is 0.249. The molecule has 8 nitrogen and oxygen atoms in total. The number of alkyl halides is 3. The van der Waals surface area contributed by atoms with E-state index in [1.54, 1.807) is 36.5 Å². The molecule has 38 heavy (non-hydrogen) atoms. The molecule has 3 rings (SSSR count). The third kappa shape index (κ3) is 6.78. The first-order chi connectivity index (χ1) is 18.0. The Balaban J connectivity index is 2.04. The number of thioether (sulfide) groups is 1. The lowest BCUT2D eigenvalue weighted by molar-refractivity contribution is -0.336. The molecule has 1 aliphatic rings. The van der Waals surface area contributed by atoms with Crippen molar-refractivity contribution in [2.75, 3.05) is 13.6 Å². The third-order valence-electron chi connectivity index (χ3n) is 5.43. The normalized spacial score (nSPS) is 18.5. The third-order valence-corrected chi connectivity index (χ3v) is 6.88. The number of benzene rings is 2. The number of rotatable bonds is 8. The molecule has 1 aliphatic heterocycles. The van der Waals surface area contributed by atoms with Gasteiger partial charge >= 0.3 is 6.36 Å². The SMILES string of the molecule is CN=C(NC#N)NCCCC1(c2ccccc2)SC(c2cc(F)ccc2F)=NN1C(=O)C(C)OC(F)(F)F. The lowest BCUT2D eigenvalue weighted by Crippen LogP contribution is -2.47. The highest BCUT2D eigenvalue weighted by atomic mass is 32.2. The zero-order valence-corrected chi connectivity index (χ0v) is 21.0. The van der Waals surface area contributed by atoms with Gasteiger partial charge in [0.2, 0.25) is 5.96 Å². The van der Waals surface area contributed by atoms with Crippen LogP contribution in [-0.4, -0.2) is 48.0 Å². The second kappa shape index (κ2) is 12.2. The zero-order valence-electron chi connectivity index (χ0n) is 20.2. The van der Waals surface area contributed by atoms with E-state index in [1.807, 2.05) is 0 Å². The van der Waals surface area contributed by atoms with Crippen LogP contribution in [0.15, 0.2) is 58.6 Å². The van der Waals surface area contributed by atoms with Gasteiger partial charge < -0.3 is 5.32 Å². The minimum atomic E-state index is -5.09. The molecule has 0 fully saturated rings. The van der Waals surface area contributed by atoms with Gasteiger partial charge in [0, 0.05) is 19.2 Å². The van der Waals surface area contributed by atoms with E-state index < -0.39 is 34.9 Å². The minimum absolute atomic E-state index is 0.0895. The van der Waals surface area contributed by atoms with Crippen LogP contribution in [0.3, 0.4) is 0 Å². The summed E-state index contributed by atoms with van der Waals surface area (Å²) in [5, 5.41) is 19.0. The number of hydrogen-bond donors (Lipinski definition) is 2. The molecule has 202 valence electrons. The van der Waals surface area contributed by atoms with Gasteiger partial charge in [-0.25, -0.2) is 13.8 Å². The monoisotopic (exact) mass is 554 g/mol. The summed E-state index contributed by atoms with van der Waals surface area (Å²) in [6.07, 6.45) is -4.91. The van der Waals surface area contributed by atoms with Crippen molar-refractivity contribution >= 4 is 28.7 Å². The van der Waals surface area contributed by atoms with Gasteiger partial charge in [0.1, 0.15) is 27.7 Å². The van der Waals surface area contributed by atoms with E-state index in [0.29, 0.717) is 12.0 Å². The molecule has 0 bridgehead atoms. The van der Waals surface area contributed by atoms with Crippen LogP contribution in [0, 0.1) is 23.1 Å². The minimum Gasteiger partial charge on any atom is -0.356 e. The van der Waals surface area contributed by atoms with E-state index in [1.165, 1.54) is 7.05 Å². The summed E-state index contributed by atoms with van der Waals surface area (Å²) < 4.78 is 71.5. The first-order valence-electron chi connectivity index (χ1n) is 11.2. The molecular formula is C24H23F5N6O2S. The largest absolute Gasteiger partial charge is 0.523 e.